The van der Waals surface area contributed by atoms with Crippen LogP contribution in [0.2, 0.25) is 0 Å². The van der Waals surface area contributed by atoms with Crippen LogP contribution in [0.3, 0.4) is 0 Å². The van der Waals surface area contributed by atoms with Gasteiger partial charge in [-0.25, -0.2) is 0 Å². The Morgan fingerprint density at radius 3 is 2.17 bits per heavy atom. The maximum Gasteiger partial charge on any atom is 0.222 e. The molecule has 0 saturated heterocycles. The number of aliphatic hydroxyl groups is 2. The Bertz CT molecular complexity index is 434. The number of hydrogen-bond donors (Lipinski definition) is 2. The van der Waals surface area contributed by atoms with Gasteiger partial charge in [-0.1, -0.05) is 68.6 Å². The van der Waals surface area contributed by atoms with Crippen LogP contribution in [-0.2, 0) is 4.79 Å². The van der Waals surface area contributed by atoms with Crippen molar-refractivity contribution in [1.29, 1.82) is 0 Å². The standard InChI is InChI=1S/C20H33NO3/c1-21(2)20(24)15-14-18(22)12-8-3-4-9-13-19(23)16-17-10-6-5-7-11-17/h3-4,8-9,12-13,17-19,22-23H,5-7,10-11,14-16H2,1-2H3/b4-3+,12-8+,13-9+. The zero-order valence-corrected chi connectivity index (χ0v) is 15.1. The van der Waals surface area contributed by atoms with Gasteiger partial charge in [0.05, 0.1) is 12.2 Å². The molecule has 4 heteroatoms. The van der Waals surface area contributed by atoms with Gasteiger partial charge in [0.1, 0.15) is 0 Å². The molecule has 0 aromatic heterocycles. The fourth-order valence-corrected chi connectivity index (χ4v) is 2.95. The molecule has 2 N–H and O–H groups in total. The maximum absolute atomic E-state index is 11.4. The zero-order valence-electron chi connectivity index (χ0n) is 15.1. The fraction of sp³-hybridized carbons (Fsp3) is 0.650. The van der Waals surface area contributed by atoms with Crippen molar-refractivity contribution >= 4 is 5.91 Å². The van der Waals surface area contributed by atoms with Crippen LogP contribution in [0.1, 0.15) is 51.4 Å². The number of carbonyl (C=O) groups excluding carboxylic acids is 1. The quantitative estimate of drug-likeness (QED) is 0.636. The largest absolute Gasteiger partial charge is 0.389 e. The number of allylic oxidation sites excluding steroid dienone is 4. The molecule has 1 fully saturated rings. The fourth-order valence-electron chi connectivity index (χ4n) is 2.95. The van der Waals surface area contributed by atoms with Gasteiger partial charge in [0.2, 0.25) is 5.91 Å². The van der Waals surface area contributed by atoms with E-state index in [0.717, 1.165) is 6.42 Å². The van der Waals surface area contributed by atoms with Gasteiger partial charge < -0.3 is 15.1 Å². The van der Waals surface area contributed by atoms with Crippen LogP contribution < -0.4 is 0 Å². The molecule has 0 aromatic carbocycles. The van der Waals surface area contributed by atoms with Crippen molar-refractivity contribution < 1.29 is 15.0 Å². The summed E-state index contributed by atoms with van der Waals surface area (Å²) in [5, 5.41) is 19.8. The zero-order chi connectivity index (χ0) is 17.8. The summed E-state index contributed by atoms with van der Waals surface area (Å²) in [5.41, 5.74) is 0. The van der Waals surface area contributed by atoms with Crippen molar-refractivity contribution in [2.24, 2.45) is 5.92 Å². The smallest absolute Gasteiger partial charge is 0.222 e. The van der Waals surface area contributed by atoms with E-state index >= 15 is 0 Å². The summed E-state index contributed by atoms with van der Waals surface area (Å²) in [6.07, 6.45) is 17.9. The second kappa shape index (κ2) is 12.0. The minimum Gasteiger partial charge on any atom is -0.389 e. The molecule has 1 rings (SSSR count). The SMILES string of the molecule is CN(C)C(=O)CCC(O)/C=C/C=C/C=C/C(O)CC1CCCCC1. The summed E-state index contributed by atoms with van der Waals surface area (Å²) in [4.78, 5) is 12.9. The minimum atomic E-state index is -0.612. The average Bonchev–Trinajstić information content (AvgIpc) is 2.56. The summed E-state index contributed by atoms with van der Waals surface area (Å²) in [6, 6.07) is 0. The highest BCUT2D eigenvalue weighted by molar-refractivity contribution is 5.75. The average molecular weight is 335 g/mol. The van der Waals surface area contributed by atoms with Crippen LogP contribution in [0.15, 0.2) is 36.5 Å². The van der Waals surface area contributed by atoms with Crippen molar-refractivity contribution in [3.05, 3.63) is 36.5 Å². The first-order valence-corrected chi connectivity index (χ1v) is 9.07. The third-order valence-electron chi connectivity index (χ3n) is 4.45. The second-order valence-corrected chi connectivity index (χ2v) is 6.86. The van der Waals surface area contributed by atoms with E-state index in [4.69, 9.17) is 0 Å². The molecule has 0 aromatic rings. The van der Waals surface area contributed by atoms with E-state index in [9.17, 15) is 15.0 Å². The molecule has 1 saturated carbocycles. The molecule has 1 aliphatic carbocycles. The lowest BCUT2D eigenvalue weighted by Gasteiger charge is -2.22. The first kappa shape index (κ1) is 20.7. The molecule has 2 atom stereocenters. The summed E-state index contributed by atoms with van der Waals surface area (Å²) < 4.78 is 0. The molecule has 1 aliphatic rings. The number of aliphatic hydroxyl groups excluding tert-OH is 2. The van der Waals surface area contributed by atoms with Crippen molar-refractivity contribution in [2.45, 2.75) is 63.6 Å². The molecule has 1 amide bonds. The van der Waals surface area contributed by atoms with Gasteiger partial charge in [-0.3, -0.25) is 4.79 Å². The predicted octanol–water partition coefficient (Wildman–Crippen LogP) is 3.22. The van der Waals surface area contributed by atoms with Crippen LogP contribution in [0.5, 0.6) is 0 Å². The van der Waals surface area contributed by atoms with E-state index in [1.54, 1.807) is 26.2 Å². The monoisotopic (exact) mass is 335 g/mol. The second-order valence-electron chi connectivity index (χ2n) is 6.86. The van der Waals surface area contributed by atoms with Crippen LogP contribution in [0, 0.1) is 5.92 Å². The van der Waals surface area contributed by atoms with E-state index in [0.29, 0.717) is 18.8 Å². The van der Waals surface area contributed by atoms with E-state index in [1.165, 1.54) is 37.0 Å². The number of hydrogen-bond acceptors (Lipinski definition) is 3. The maximum atomic E-state index is 11.4. The normalized spacial score (nSPS) is 19.3. The topological polar surface area (TPSA) is 60.8 Å². The van der Waals surface area contributed by atoms with Gasteiger partial charge in [-0.05, 0) is 18.8 Å². The van der Waals surface area contributed by atoms with Crippen LogP contribution in [-0.4, -0.2) is 47.3 Å². The van der Waals surface area contributed by atoms with Crippen molar-refractivity contribution in [3.63, 3.8) is 0 Å². The molecule has 4 nitrogen and oxygen atoms in total. The summed E-state index contributed by atoms with van der Waals surface area (Å²) in [7, 11) is 3.42. The molecule has 0 bridgehead atoms. The van der Waals surface area contributed by atoms with Crippen molar-refractivity contribution in [3.8, 4) is 0 Å². The lowest BCUT2D eigenvalue weighted by atomic mass is 9.85. The van der Waals surface area contributed by atoms with Gasteiger partial charge in [0, 0.05) is 20.5 Å². The number of carbonyl (C=O) groups is 1. The molecule has 24 heavy (non-hydrogen) atoms. The molecule has 0 radical (unpaired) electrons. The lowest BCUT2D eigenvalue weighted by Crippen LogP contribution is -2.22. The molecule has 0 spiro atoms. The molecule has 136 valence electrons. The summed E-state index contributed by atoms with van der Waals surface area (Å²) in [6.45, 7) is 0. The Morgan fingerprint density at radius 1 is 1.00 bits per heavy atom. The predicted molar refractivity (Wildman–Crippen MR) is 98.6 cm³/mol. The van der Waals surface area contributed by atoms with Gasteiger partial charge in [0.25, 0.3) is 0 Å². The van der Waals surface area contributed by atoms with E-state index < -0.39 is 6.10 Å². The van der Waals surface area contributed by atoms with Crippen LogP contribution in [0.4, 0.5) is 0 Å². The first-order chi connectivity index (χ1) is 11.5. The highest BCUT2D eigenvalue weighted by Crippen LogP contribution is 2.27. The third-order valence-corrected chi connectivity index (χ3v) is 4.45. The molecule has 2 unspecified atom stereocenters. The highest BCUT2D eigenvalue weighted by Gasteiger charge is 2.15. The third kappa shape index (κ3) is 9.68. The van der Waals surface area contributed by atoms with Crippen LogP contribution >= 0.6 is 0 Å². The van der Waals surface area contributed by atoms with Crippen LogP contribution in [0.25, 0.3) is 0 Å². The molecular formula is C20H33NO3. The lowest BCUT2D eigenvalue weighted by molar-refractivity contribution is -0.129. The summed E-state index contributed by atoms with van der Waals surface area (Å²) >= 11 is 0. The van der Waals surface area contributed by atoms with Gasteiger partial charge in [-0.15, -0.1) is 0 Å². The Balaban J connectivity index is 2.19. The molecule has 0 heterocycles. The van der Waals surface area contributed by atoms with Crippen molar-refractivity contribution in [1.82, 2.24) is 4.90 Å². The highest BCUT2D eigenvalue weighted by atomic mass is 16.3. The Morgan fingerprint density at radius 2 is 1.58 bits per heavy atom. The molecule has 0 aliphatic heterocycles. The van der Waals surface area contributed by atoms with Gasteiger partial charge in [-0.2, -0.15) is 0 Å². The summed E-state index contributed by atoms with van der Waals surface area (Å²) in [5.74, 6) is 0.690. The minimum absolute atomic E-state index is 0.0212. The van der Waals surface area contributed by atoms with Gasteiger partial charge in [0.15, 0.2) is 0 Å². The van der Waals surface area contributed by atoms with Crippen molar-refractivity contribution in [2.75, 3.05) is 14.1 Å². The number of rotatable bonds is 9. The van der Waals surface area contributed by atoms with E-state index in [-0.39, 0.29) is 12.0 Å². The van der Waals surface area contributed by atoms with E-state index in [2.05, 4.69) is 0 Å². The number of amides is 1. The Hall–Kier alpha value is -1.39. The van der Waals surface area contributed by atoms with Gasteiger partial charge >= 0.3 is 0 Å². The first-order valence-electron chi connectivity index (χ1n) is 9.07. The Kier molecular flexibility index (Phi) is 10.4. The number of nitrogens with zero attached hydrogens (tertiary/aromatic N) is 1. The molecular weight excluding hydrogens is 302 g/mol. The Labute approximate surface area is 146 Å². The van der Waals surface area contributed by atoms with E-state index in [1.807, 2.05) is 24.3 Å².